The number of amides is 1. The minimum atomic E-state index is -0.390. The third-order valence-corrected chi connectivity index (χ3v) is 7.38. The molecule has 0 saturated heterocycles. The number of halogens is 2. The number of aromatic nitrogens is 2. The molecule has 192 valence electrons. The summed E-state index contributed by atoms with van der Waals surface area (Å²) in [6, 6.07) is 11.0. The average Bonchev–Trinajstić information content (AvgIpc) is 3.68. The molecule has 4 aromatic rings. The first-order valence-corrected chi connectivity index (χ1v) is 12.7. The lowest BCUT2D eigenvalue weighted by molar-refractivity contribution is -0.117. The highest BCUT2D eigenvalue weighted by Crippen LogP contribution is 2.41. The van der Waals surface area contributed by atoms with E-state index in [0.717, 1.165) is 29.4 Å². The highest BCUT2D eigenvalue weighted by molar-refractivity contribution is 6.35. The van der Waals surface area contributed by atoms with Crippen LogP contribution in [-0.4, -0.2) is 34.8 Å². The number of ether oxygens (including phenoxy) is 2. The van der Waals surface area contributed by atoms with E-state index in [1.54, 1.807) is 31.2 Å². The fourth-order valence-electron chi connectivity index (χ4n) is 4.67. The Kier molecular flexibility index (Phi) is 7.29. The van der Waals surface area contributed by atoms with E-state index in [0.29, 0.717) is 45.5 Å². The number of pyridine rings is 1. The first-order chi connectivity index (χ1) is 17.9. The summed E-state index contributed by atoms with van der Waals surface area (Å²) in [4.78, 5) is 16.6. The van der Waals surface area contributed by atoms with Crippen LogP contribution in [-0.2, 0) is 22.6 Å². The zero-order valence-electron chi connectivity index (χ0n) is 20.5. The lowest BCUT2D eigenvalue weighted by Gasteiger charge is -2.23. The summed E-state index contributed by atoms with van der Waals surface area (Å²) in [5.41, 5.74) is 3.06. The van der Waals surface area contributed by atoms with E-state index in [1.807, 2.05) is 42.6 Å². The van der Waals surface area contributed by atoms with Crippen molar-refractivity contribution in [2.45, 2.75) is 31.9 Å². The second kappa shape index (κ2) is 10.6. The minimum absolute atomic E-state index is 0.0223. The second-order valence-electron chi connectivity index (χ2n) is 9.20. The number of fused-ring (bicyclic) bond motifs is 1. The summed E-state index contributed by atoms with van der Waals surface area (Å²) in [5.74, 6) is 0.765. The van der Waals surface area contributed by atoms with Crippen molar-refractivity contribution in [2.24, 2.45) is 5.92 Å². The number of rotatable bonds is 9. The summed E-state index contributed by atoms with van der Waals surface area (Å²) < 4.78 is 12.7. The number of hydrogen-bond donors (Lipinski definition) is 2. The van der Waals surface area contributed by atoms with Crippen LogP contribution in [0.25, 0.3) is 10.8 Å². The van der Waals surface area contributed by atoms with Crippen LogP contribution in [0, 0.1) is 5.92 Å². The maximum absolute atomic E-state index is 12.5. The van der Waals surface area contributed by atoms with E-state index in [2.05, 4.69) is 10.3 Å². The molecule has 1 aliphatic rings. The lowest BCUT2D eigenvalue weighted by atomic mass is 9.97. The predicted molar refractivity (Wildman–Crippen MR) is 145 cm³/mol. The summed E-state index contributed by atoms with van der Waals surface area (Å²) >= 11 is 13.0. The molecule has 1 saturated carbocycles. The van der Waals surface area contributed by atoms with Gasteiger partial charge < -0.3 is 24.5 Å². The van der Waals surface area contributed by atoms with Gasteiger partial charge in [-0.15, -0.1) is 0 Å². The monoisotopic (exact) mass is 539 g/mol. The molecule has 1 unspecified atom stereocenters. The largest absolute Gasteiger partial charge is 0.496 e. The first-order valence-electron chi connectivity index (χ1n) is 12.0. The molecule has 7 nitrogen and oxygen atoms in total. The van der Waals surface area contributed by atoms with Crippen molar-refractivity contribution >= 4 is 45.6 Å². The standard InChI is InChI=1S/C28H27Cl2N3O4/c1-36-15-19-10-17(8-9-25(19)37-2)24(11-20-21(29)12-31-13-22(20)30)33-14-18-4-3-5-23(26(18)28(33)35)32-27(34)16-6-7-16/h3-5,8-10,12-14,16,24,35H,6-7,11,15H2,1-2H3,(H,32,34). The van der Waals surface area contributed by atoms with Gasteiger partial charge in [0.05, 0.1) is 40.9 Å². The molecule has 0 aliphatic heterocycles. The van der Waals surface area contributed by atoms with Crippen LogP contribution in [0.15, 0.2) is 55.0 Å². The molecule has 9 heteroatoms. The van der Waals surface area contributed by atoms with E-state index < -0.39 is 6.04 Å². The Balaban J connectivity index is 1.65. The molecular formula is C28H27Cl2N3O4. The van der Waals surface area contributed by atoms with Gasteiger partial charge >= 0.3 is 0 Å². The molecule has 0 spiro atoms. The number of methoxy groups -OCH3 is 2. The number of nitrogens with one attached hydrogen (secondary N) is 1. The van der Waals surface area contributed by atoms with Gasteiger partial charge in [-0.3, -0.25) is 9.78 Å². The first kappa shape index (κ1) is 25.4. The van der Waals surface area contributed by atoms with Crippen LogP contribution in [0.2, 0.25) is 10.0 Å². The molecule has 1 fully saturated rings. The van der Waals surface area contributed by atoms with Crippen LogP contribution < -0.4 is 10.1 Å². The molecule has 2 heterocycles. The van der Waals surface area contributed by atoms with Gasteiger partial charge in [-0.1, -0.05) is 41.4 Å². The van der Waals surface area contributed by atoms with Crippen LogP contribution in [0.1, 0.15) is 35.6 Å². The van der Waals surface area contributed by atoms with Crippen molar-refractivity contribution in [1.82, 2.24) is 9.55 Å². The Bertz CT molecular complexity index is 1450. The van der Waals surface area contributed by atoms with Crippen molar-refractivity contribution in [1.29, 1.82) is 0 Å². The van der Waals surface area contributed by atoms with E-state index in [1.165, 1.54) is 0 Å². The van der Waals surface area contributed by atoms with Gasteiger partial charge in [0.25, 0.3) is 0 Å². The topological polar surface area (TPSA) is 85.6 Å². The van der Waals surface area contributed by atoms with Crippen LogP contribution in [0.3, 0.4) is 0 Å². The van der Waals surface area contributed by atoms with Crippen molar-refractivity contribution in [3.63, 3.8) is 0 Å². The number of anilines is 1. The van der Waals surface area contributed by atoms with Crippen molar-refractivity contribution in [2.75, 3.05) is 19.5 Å². The van der Waals surface area contributed by atoms with Gasteiger partial charge in [0, 0.05) is 49.0 Å². The van der Waals surface area contributed by atoms with Gasteiger partial charge in [-0.05, 0) is 42.2 Å². The molecule has 5 rings (SSSR count). The molecule has 1 aliphatic carbocycles. The number of carbonyl (C=O) groups is 1. The molecular weight excluding hydrogens is 513 g/mol. The van der Waals surface area contributed by atoms with E-state index in [-0.39, 0.29) is 17.7 Å². The van der Waals surface area contributed by atoms with E-state index in [4.69, 9.17) is 32.7 Å². The lowest BCUT2D eigenvalue weighted by Crippen LogP contribution is -2.14. The Morgan fingerprint density at radius 1 is 1.19 bits per heavy atom. The van der Waals surface area contributed by atoms with Crippen LogP contribution in [0.5, 0.6) is 11.6 Å². The van der Waals surface area contributed by atoms with Crippen molar-refractivity contribution in [3.8, 4) is 11.6 Å². The third-order valence-electron chi connectivity index (χ3n) is 6.72. The van der Waals surface area contributed by atoms with E-state index >= 15 is 0 Å². The Hall–Kier alpha value is -3.26. The minimum Gasteiger partial charge on any atom is -0.496 e. The highest BCUT2D eigenvalue weighted by atomic mass is 35.5. The number of hydrogen-bond acceptors (Lipinski definition) is 5. The van der Waals surface area contributed by atoms with Gasteiger partial charge in [0.2, 0.25) is 11.8 Å². The molecule has 2 aromatic carbocycles. The molecule has 1 atom stereocenters. The summed E-state index contributed by atoms with van der Waals surface area (Å²) in [6.07, 6.45) is 7.17. The van der Waals surface area contributed by atoms with Crippen LogP contribution in [0.4, 0.5) is 5.69 Å². The Morgan fingerprint density at radius 3 is 2.62 bits per heavy atom. The van der Waals surface area contributed by atoms with Crippen molar-refractivity contribution < 1.29 is 19.4 Å². The normalized spacial score (nSPS) is 14.1. The summed E-state index contributed by atoms with van der Waals surface area (Å²) in [7, 11) is 3.24. The molecule has 2 N–H and O–H groups in total. The number of nitrogens with zero attached hydrogens (tertiary/aromatic N) is 2. The Labute approximate surface area is 224 Å². The second-order valence-corrected chi connectivity index (χ2v) is 10.0. The van der Waals surface area contributed by atoms with E-state index in [9.17, 15) is 9.90 Å². The van der Waals surface area contributed by atoms with Gasteiger partial charge in [-0.2, -0.15) is 0 Å². The SMILES string of the molecule is COCc1cc(C(Cc2c(Cl)cncc2Cl)n2cc3cccc(NC(=O)C4CC4)c3c2O)ccc1OC. The van der Waals surface area contributed by atoms with Crippen molar-refractivity contribution in [3.05, 3.63) is 81.7 Å². The Morgan fingerprint density at radius 2 is 1.95 bits per heavy atom. The number of aromatic hydroxyl groups is 1. The fourth-order valence-corrected chi connectivity index (χ4v) is 5.19. The maximum atomic E-state index is 12.5. The third kappa shape index (κ3) is 5.12. The van der Waals surface area contributed by atoms with Gasteiger partial charge in [0.15, 0.2) is 0 Å². The number of carbonyl (C=O) groups excluding carboxylic acids is 1. The summed E-state index contributed by atoms with van der Waals surface area (Å²) in [5, 5.41) is 16.8. The molecule has 37 heavy (non-hydrogen) atoms. The zero-order valence-corrected chi connectivity index (χ0v) is 22.0. The zero-order chi connectivity index (χ0) is 26.1. The molecule has 0 radical (unpaired) electrons. The fraction of sp³-hybridized carbons (Fsp3) is 0.286. The quantitative estimate of drug-likeness (QED) is 0.257. The summed E-state index contributed by atoms with van der Waals surface area (Å²) in [6.45, 7) is 0.359. The molecule has 0 bridgehead atoms. The average molecular weight is 540 g/mol. The van der Waals surface area contributed by atoms with Crippen LogP contribution >= 0.6 is 23.2 Å². The van der Waals surface area contributed by atoms with Gasteiger partial charge in [-0.25, -0.2) is 0 Å². The molecule has 2 aromatic heterocycles. The predicted octanol–water partition coefficient (Wildman–Crippen LogP) is 6.38. The highest BCUT2D eigenvalue weighted by Gasteiger charge is 2.30. The van der Waals surface area contributed by atoms with Gasteiger partial charge in [0.1, 0.15) is 5.75 Å². The maximum Gasteiger partial charge on any atom is 0.227 e. The number of benzene rings is 2. The molecule has 1 amide bonds. The smallest absolute Gasteiger partial charge is 0.227 e.